The number of carbonyl (C=O) groups excluding carboxylic acids is 1. The van der Waals surface area contributed by atoms with Crippen LogP contribution in [0, 0.1) is 6.92 Å². The predicted octanol–water partition coefficient (Wildman–Crippen LogP) is 3.38. The Kier molecular flexibility index (Phi) is 7.97. The molecule has 6 rings (SSSR count). The topological polar surface area (TPSA) is 108 Å². The maximum atomic E-state index is 13.6. The molecule has 0 bridgehead atoms. The molecule has 0 atom stereocenters. The molecule has 5 heterocycles. The van der Waals surface area contributed by atoms with E-state index in [9.17, 15) is 9.90 Å². The number of rotatable bonds is 7. The van der Waals surface area contributed by atoms with E-state index in [0.717, 1.165) is 80.1 Å². The van der Waals surface area contributed by atoms with Gasteiger partial charge >= 0.3 is 0 Å². The number of imidazole rings is 1. The third-order valence-corrected chi connectivity index (χ3v) is 8.60. The van der Waals surface area contributed by atoms with Crippen molar-refractivity contribution in [3.8, 4) is 11.3 Å². The van der Waals surface area contributed by atoms with Crippen LogP contribution in [-0.2, 0) is 13.6 Å². The number of fused-ring (bicyclic) bond motifs is 1. The summed E-state index contributed by atoms with van der Waals surface area (Å²) in [7, 11) is 4.05. The van der Waals surface area contributed by atoms with E-state index in [1.165, 1.54) is 0 Å². The molecule has 11 heteroatoms. The Morgan fingerprint density at radius 1 is 1.02 bits per heavy atom. The third kappa shape index (κ3) is 6.58. The minimum Gasteiger partial charge on any atom is -0.389 e. The largest absolute Gasteiger partial charge is 0.389 e. The molecule has 43 heavy (non-hydrogen) atoms. The number of amides is 1. The van der Waals surface area contributed by atoms with Gasteiger partial charge in [-0.15, -0.1) is 0 Å². The molecular formula is C32H43N9O2. The van der Waals surface area contributed by atoms with Crippen LogP contribution in [-0.4, -0.2) is 103 Å². The Morgan fingerprint density at radius 2 is 1.77 bits per heavy atom. The molecular weight excluding hydrogens is 542 g/mol. The molecule has 0 aliphatic carbocycles. The first kappa shape index (κ1) is 29.3. The molecule has 0 saturated carbocycles. The molecule has 3 aromatic heterocycles. The molecule has 0 unspecified atom stereocenters. The first-order valence-corrected chi connectivity index (χ1v) is 15.2. The molecule has 0 spiro atoms. The summed E-state index contributed by atoms with van der Waals surface area (Å²) in [6.07, 6.45) is 5.91. The first-order valence-electron chi connectivity index (χ1n) is 15.2. The highest BCUT2D eigenvalue weighted by Gasteiger charge is 2.28. The third-order valence-electron chi connectivity index (χ3n) is 8.60. The van der Waals surface area contributed by atoms with Crippen LogP contribution < -0.4 is 10.2 Å². The number of aliphatic hydroxyl groups is 1. The normalized spacial score (nSPS) is 17.6. The minimum atomic E-state index is -1.01. The van der Waals surface area contributed by atoms with Gasteiger partial charge in [-0.05, 0) is 71.0 Å². The lowest BCUT2D eigenvalue weighted by Gasteiger charge is -2.42. The quantitative estimate of drug-likeness (QED) is 0.340. The number of aryl methyl sites for hydroxylation is 2. The molecule has 11 nitrogen and oxygen atoms in total. The second-order valence-electron chi connectivity index (χ2n) is 12.8. The van der Waals surface area contributed by atoms with Crippen molar-refractivity contribution in [1.82, 2.24) is 34.1 Å². The number of piperazine rings is 1. The number of piperidine rings is 1. The van der Waals surface area contributed by atoms with E-state index in [1.54, 1.807) is 36.9 Å². The predicted molar refractivity (Wildman–Crippen MR) is 169 cm³/mol. The van der Waals surface area contributed by atoms with Crippen LogP contribution in [0.15, 0.2) is 42.7 Å². The first-order chi connectivity index (χ1) is 20.5. The molecule has 1 amide bonds. The van der Waals surface area contributed by atoms with E-state index in [0.29, 0.717) is 23.2 Å². The highest BCUT2D eigenvalue weighted by molar-refractivity contribution is 6.04. The van der Waals surface area contributed by atoms with Gasteiger partial charge in [0.15, 0.2) is 0 Å². The zero-order chi connectivity index (χ0) is 30.3. The molecule has 0 radical (unpaired) electrons. The van der Waals surface area contributed by atoms with Gasteiger partial charge in [-0.1, -0.05) is 0 Å². The van der Waals surface area contributed by atoms with Crippen LogP contribution in [0.3, 0.4) is 0 Å². The van der Waals surface area contributed by atoms with Gasteiger partial charge in [0.25, 0.3) is 5.91 Å². The van der Waals surface area contributed by atoms with Gasteiger partial charge in [0.05, 0.1) is 35.1 Å². The number of hydrogen-bond acceptors (Lipinski definition) is 8. The Hall–Kier alpha value is -3.80. The Bertz CT molecular complexity index is 1600. The number of carbonyl (C=O) groups is 1. The maximum absolute atomic E-state index is 13.6. The van der Waals surface area contributed by atoms with Crippen molar-refractivity contribution >= 4 is 28.6 Å². The maximum Gasteiger partial charge on any atom is 0.258 e. The molecule has 228 valence electrons. The average Bonchev–Trinajstić information content (AvgIpc) is 3.55. The van der Waals surface area contributed by atoms with Crippen molar-refractivity contribution in [2.45, 2.75) is 51.8 Å². The molecule has 2 aliphatic rings. The van der Waals surface area contributed by atoms with Crippen molar-refractivity contribution in [2.75, 3.05) is 56.5 Å². The SMILES string of the molecule is Cc1cc(C(=O)Nc2nc3ccc(N4CCC(N5CCN(C)CC5)CC4)cc3n2CC(C)(C)O)cc(-c2cnn(C)c2)n1. The molecule has 4 aromatic rings. The summed E-state index contributed by atoms with van der Waals surface area (Å²) in [5.74, 6) is 0.125. The number of aromatic nitrogens is 5. The second-order valence-corrected chi connectivity index (χ2v) is 12.8. The summed E-state index contributed by atoms with van der Waals surface area (Å²) in [5.41, 5.74) is 4.54. The summed E-state index contributed by atoms with van der Waals surface area (Å²) < 4.78 is 3.63. The van der Waals surface area contributed by atoms with Gasteiger partial charge in [-0.3, -0.25) is 24.7 Å². The molecule has 1 aromatic carbocycles. The van der Waals surface area contributed by atoms with Crippen LogP contribution >= 0.6 is 0 Å². The summed E-state index contributed by atoms with van der Waals surface area (Å²) in [4.78, 5) is 30.5. The summed E-state index contributed by atoms with van der Waals surface area (Å²) in [6, 6.07) is 10.5. The van der Waals surface area contributed by atoms with Gasteiger partial charge in [-0.2, -0.15) is 5.10 Å². The number of likely N-dealkylation sites (N-methyl/N-ethyl adjacent to an activating group) is 1. The fraction of sp³-hybridized carbons (Fsp3) is 0.500. The van der Waals surface area contributed by atoms with E-state index in [-0.39, 0.29) is 12.5 Å². The lowest BCUT2D eigenvalue weighted by Crippen LogP contribution is -2.52. The lowest BCUT2D eigenvalue weighted by atomic mass is 10.0. The van der Waals surface area contributed by atoms with Crippen molar-refractivity contribution in [2.24, 2.45) is 7.05 Å². The van der Waals surface area contributed by atoms with E-state index >= 15 is 0 Å². The van der Waals surface area contributed by atoms with Crippen LogP contribution in [0.25, 0.3) is 22.3 Å². The fourth-order valence-electron chi connectivity index (χ4n) is 6.30. The van der Waals surface area contributed by atoms with Crippen LogP contribution in [0.2, 0.25) is 0 Å². The highest BCUT2D eigenvalue weighted by atomic mass is 16.3. The minimum absolute atomic E-state index is 0.282. The zero-order valence-electron chi connectivity index (χ0n) is 25.9. The highest BCUT2D eigenvalue weighted by Crippen LogP contribution is 2.30. The molecule has 2 saturated heterocycles. The van der Waals surface area contributed by atoms with E-state index in [4.69, 9.17) is 4.98 Å². The van der Waals surface area contributed by atoms with Gasteiger partial charge in [0.1, 0.15) is 0 Å². The summed E-state index contributed by atoms with van der Waals surface area (Å²) in [6.45, 7) is 12.3. The fourth-order valence-corrected chi connectivity index (χ4v) is 6.30. The van der Waals surface area contributed by atoms with Crippen molar-refractivity contribution in [1.29, 1.82) is 0 Å². The average molecular weight is 586 g/mol. The molecule has 2 aliphatic heterocycles. The van der Waals surface area contributed by atoms with Crippen LogP contribution in [0.4, 0.5) is 11.6 Å². The number of benzene rings is 1. The van der Waals surface area contributed by atoms with Crippen molar-refractivity contribution < 1.29 is 9.90 Å². The number of anilines is 2. The monoisotopic (exact) mass is 585 g/mol. The number of pyridine rings is 1. The number of hydrogen-bond donors (Lipinski definition) is 2. The van der Waals surface area contributed by atoms with E-state index in [2.05, 4.69) is 49.3 Å². The van der Waals surface area contributed by atoms with Crippen LogP contribution in [0.5, 0.6) is 0 Å². The Morgan fingerprint density at radius 3 is 2.44 bits per heavy atom. The van der Waals surface area contributed by atoms with E-state index < -0.39 is 5.60 Å². The smallest absolute Gasteiger partial charge is 0.258 e. The Balaban J connectivity index is 1.24. The number of nitrogens with zero attached hydrogens (tertiary/aromatic N) is 8. The molecule has 2 fully saturated rings. The lowest BCUT2D eigenvalue weighted by molar-refractivity contribution is 0.0630. The van der Waals surface area contributed by atoms with Gasteiger partial charge < -0.3 is 19.5 Å². The zero-order valence-corrected chi connectivity index (χ0v) is 25.9. The van der Waals surface area contributed by atoms with Crippen molar-refractivity contribution in [3.63, 3.8) is 0 Å². The summed E-state index contributed by atoms with van der Waals surface area (Å²) in [5, 5.41) is 18.1. The standard InChI is InChI=1S/C32H43N9O2/c1-22-16-23(17-28(34-22)24-19-33-38(5)20-24)30(42)36-31-35-27-7-6-26(18-29(27)41(31)21-32(2,3)43)39-10-8-25(9-11-39)40-14-12-37(4)13-15-40/h6-7,16-20,25,43H,8-15,21H2,1-5H3,(H,35,36,42). The van der Waals surface area contributed by atoms with Gasteiger partial charge in [0.2, 0.25) is 5.95 Å². The Labute approximate surface area is 253 Å². The summed E-state index contributed by atoms with van der Waals surface area (Å²) >= 11 is 0. The van der Waals surface area contributed by atoms with Crippen molar-refractivity contribution in [3.05, 3.63) is 54.0 Å². The second kappa shape index (κ2) is 11.7. The number of nitrogens with one attached hydrogen (secondary N) is 1. The van der Waals surface area contributed by atoms with Crippen LogP contribution in [0.1, 0.15) is 42.7 Å². The molecule has 2 N–H and O–H groups in total. The van der Waals surface area contributed by atoms with E-state index in [1.807, 2.05) is 30.8 Å². The van der Waals surface area contributed by atoms with Gasteiger partial charge in [0, 0.05) is 81.1 Å². The van der Waals surface area contributed by atoms with Gasteiger partial charge in [-0.25, -0.2) is 4.98 Å².